The molecule has 1 heterocycles. The van der Waals surface area contributed by atoms with E-state index in [1.54, 1.807) is 13.2 Å². The number of hydrogen-bond acceptors (Lipinski definition) is 6. The van der Waals surface area contributed by atoms with Crippen molar-refractivity contribution in [2.24, 2.45) is 0 Å². The van der Waals surface area contributed by atoms with Crippen LogP contribution in [0.3, 0.4) is 0 Å². The molecule has 140 valence electrons. The second-order valence-corrected chi connectivity index (χ2v) is 6.32. The average Bonchev–Trinajstić information content (AvgIpc) is 2.96. The van der Waals surface area contributed by atoms with E-state index in [1.165, 1.54) is 9.36 Å². The average molecular weight is 383 g/mol. The van der Waals surface area contributed by atoms with Crippen LogP contribution in [0.5, 0.6) is 5.75 Å². The van der Waals surface area contributed by atoms with Crippen LogP contribution in [0.4, 0.5) is 11.6 Å². The lowest BCUT2D eigenvalue weighted by Crippen LogP contribution is -2.14. The molecule has 0 saturated heterocycles. The van der Waals surface area contributed by atoms with E-state index in [4.69, 9.17) is 22.7 Å². The Balaban J connectivity index is 1.80. The molecule has 8 heteroatoms. The van der Waals surface area contributed by atoms with E-state index >= 15 is 0 Å². The maximum atomic E-state index is 12.6. The van der Waals surface area contributed by atoms with E-state index in [0.717, 1.165) is 23.4 Å². The van der Waals surface area contributed by atoms with E-state index in [-0.39, 0.29) is 18.3 Å². The fraction of sp³-hybridized carbons (Fsp3) is 0.211. The zero-order valence-corrected chi connectivity index (χ0v) is 16.0. The summed E-state index contributed by atoms with van der Waals surface area (Å²) in [5.74, 6) is 0.842. The topological polar surface area (TPSA) is 87.1 Å². The predicted octanol–water partition coefficient (Wildman–Crippen LogP) is 3.33. The Morgan fingerprint density at radius 2 is 2.00 bits per heavy atom. The first-order chi connectivity index (χ1) is 13.0. The zero-order valence-electron chi connectivity index (χ0n) is 15.2. The number of aryl methyl sites for hydroxylation is 1. The molecule has 0 spiro atoms. The molecule has 0 unspecified atom stereocenters. The summed E-state index contributed by atoms with van der Waals surface area (Å²) in [6.07, 6.45) is 0.869. The third-order valence-corrected chi connectivity index (χ3v) is 4.54. The van der Waals surface area contributed by atoms with Crippen LogP contribution in [0, 0.1) is 4.77 Å². The normalized spacial score (nSPS) is 10.6. The van der Waals surface area contributed by atoms with Crippen LogP contribution < -0.4 is 15.9 Å². The van der Waals surface area contributed by atoms with Gasteiger partial charge in [0.25, 0.3) is 0 Å². The van der Waals surface area contributed by atoms with Crippen molar-refractivity contribution in [3.63, 3.8) is 0 Å². The summed E-state index contributed by atoms with van der Waals surface area (Å²) in [5, 5.41) is 4.19. The van der Waals surface area contributed by atoms with Crippen LogP contribution >= 0.6 is 12.2 Å². The van der Waals surface area contributed by atoms with Gasteiger partial charge in [0.15, 0.2) is 5.78 Å². The Hall–Kier alpha value is -3.13. The number of carbonyl (C=O) groups excluding carboxylic acids is 1. The maximum absolute atomic E-state index is 12.6. The summed E-state index contributed by atoms with van der Waals surface area (Å²) in [6.45, 7) is 2.07. The summed E-state index contributed by atoms with van der Waals surface area (Å²) in [7, 11) is 1.60. The van der Waals surface area contributed by atoms with Crippen molar-refractivity contribution < 1.29 is 9.53 Å². The smallest absolute Gasteiger partial charge is 0.240 e. The molecule has 2 aromatic carbocycles. The first kappa shape index (κ1) is 18.7. The molecule has 27 heavy (non-hydrogen) atoms. The highest BCUT2D eigenvalue weighted by Crippen LogP contribution is 2.16. The number of methoxy groups -OCH3 is 1. The lowest BCUT2D eigenvalue weighted by molar-refractivity contribution is 0.0967. The second-order valence-electron chi connectivity index (χ2n) is 5.95. The molecule has 0 aliphatic rings. The molecule has 3 rings (SSSR count). The fourth-order valence-corrected chi connectivity index (χ4v) is 2.86. The Kier molecular flexibility index (Phi) is 5.56. The molecule has 0 amide bonds. The lowest BCUT2D eigenvalue weighted by atomic mass is 10.1. The molecule has 0 bridgehead atoms. The highest BCUT2D eigenvalue weighted by molar-refractivity contribution is 7.71. The molecule has 0 radical (unpaired) electrons. The summed E-state index contributed by atoms with van der Waals surface area (Å²) in [6, 6.07) is 14.9. The van der Waals surface area contributed by atoms with Crippen molar-refractivity contribution in [3.8, 4) is 5.75 Å². The number of nitrogen functional groups attached to an aromatic ring is 1. The second kappa shape index (κ2) is 8.05. The van der Waals surface area contributed by atoms with Crippen LogP contribution in [0.2, 0.25) is 0 Å². The summed E-state index contributed by atoms with van der Waals surface area (Å²) >= 11 is 5.42. The van der Waals surface area contributed by atoms with Gasteiger partial charge in [0.2, 0.25) is 10.7 Å². The largest absolute Gasteiger partial charge is 0.497 e. The fourth-order valence-electron chi connectivity index (χ4n) is 2.62. The Morgan fingerprint density at radius 1 is 1.26 bits per heavy atom. The van der Waals surface area contributed by atoms with Gasteiger partial charge in [0, 0.05) is 5.56 Å². The molecule has 0 atom stereocenters. The molecular weight excluding hydrogens is 362 g/mol. The van der Waals surface area contributed by atoms with Crippen molar-refractivity contribution >= 4 is 29.6 Å². The SMILES string of the molecule is CCc1cccc(C(=O)Cn2nc(N)n(Nc3ccc(OC)cc3)c2=S)c1. The minimum atomic E-state index is -0.0736. The number of anilines is 2. The minimum Gasteiger partial charge on any atom is -0.497 e. The van der Waals surface area contributed by atoms with Gasteiger partial charge < -0.3 is 10.5 Å². The van der Waals surface area contributed by atoms with Gasteiger partial charge in [0.1, 0.15) is 12.3 Å². The summed E-state index contributed by atoms with van der Waals surface area (Å²) in [4.78, 5) is 12.6. The highest BCUT2D eigenvalue weighted by atomic mass is 32.1. The number of nitrogens with one attached hydrogen (secondary N) is 1. The number of rotatable bonds is 7. The van der Waals surface area contributed by atoms with Crippen LogP contribution in [0.15, 0.2) is 48.5 Å². The summed E-state index contributed by atoms with van der Waals surface area (Å²) < 4.78 is 8.33. The molecule has 0 aliphatic heterocycles. The first-order valence-corrected chi connectivity index (χ1v) is 8.91. The van der Waals surface area contributed by atoms with Crippen molar-refractivity contribution in [2.45, 2.75) is 19.9 Å². The van der Waals surface area contributed by atoms with Gasteiger partial charge in [-0.2, -0.15) is 4.68 Å². The van der Waals surface area contributed by atoms with Gasteiger partial charge >= 0.3 is 0 Å². The molecule has 0 aliphatic carbocycles. The van der Waals surface area contributed by atoms with Crippen LogP contribution in [0.1, 0.15) is 22.8 Å². The van der Waals surface area contributed by atoms with Crippen LogP contribution in [-0.2, 0) is 13.0 Å². The third-order valence-electron chi connectivity index (χ3n) is 4.15. The number of carbonyl (C=O) groups is 1. The standard InChI is InChI=1S/C19H21N5O2S/c1-3-13-5-4-6-14(11-13)17(25)12-23-19(27)24(18(20)22-23)21-15-7-9-16(26-2)10-8-15/h4-11,21H,3,12H2,1-2H3,(H2,20,22). The van der Waals surface area contributed by atoms with E-state index in [1.807, 2.05) is 49.4 Å². The number of benzene rings is 2. The molecule has 3 aromatic rings. The van der Waals surface area contributed by atoms with Gasteiger partial charge in [-0.15, -0.1) is 5.10 Å². The number of ketones is 1. The van der Waals surface area contributed by atoms with Gasteiger partial charge in [-0.3, -0.25) is 10.2 Å². The van der Waals surface area contributed by atoms with Crippen molar-refractivity contribution in [3.05, 3.63) is 64.4 Å². The number of aromatic nitrogens is 3. The highest BCUT2D eigenvalue weighted by Gasteiger charge is 2.13. The number of ether oxygens (including phenoxy) is 1. The Morgan fingerprint density at radius 3 is 2.67 bits per heavy atom. The molecule has 0 fully saturated rings. The van der Waals surface area contributed by atoms with E-state index < -0.39 is 0 Å². The monoisotopic (exact) mass is 383 g/mol. The molecule has 3 N–H and O–H groups in total. The first-order valence-electron chi connectivity index (χ1n) is 8.50. The minimum absolute atomic E-state index is 0.0213. The van der Waals surface area contributed by atoms with Crippen molar-refractivity contribution in [2.75, 3.05) is 18.3 Å². The Labute approximate surface area is 162 Å². The zero-order chi connectivity index (χ0) is 19.4. The van der Waals surface area contributed by atoms with E-state index in [2.05, 4.69) is 10.5 Å². The third kappa shape index (κ3) is 4.17. The van der Waals surface area contributed by atoms with Gasteiger partial charge in [0.05, 0.1) is 12.8 Å². The molecule has 1 aromatic heterocycles. The number of hydrogen-bond donors (Lipinski definition) is 2. The van der Waals surface area contributed by atoms with E-state index in [0.29, 0.717) is 10.3 Å². The molecule has 0 saturated carbocycles. The van der Waals surface area contributed by atoms with Crippen LogP contribution in [0.25, 0.3) is 0 Å². The number of nitrogens with two attached hydrogens (primary N) is 1. The quantitative estimate of drug-likeness (QED) is 0.481. The van der Waals surface area contributed by atoms with Crippen LogP contribution in [-0.4, -0.2) is 27.3 Å². The lowest BCUT2D eigenvalue weighted by Gasteiger charge is -2.08. The van der Waals surface area contributed by atoms with E-state index in [9.17, 15) is 4.79 Å². The molecular formula is C19H21N5O2S. The van der Waals surface area contributed by atoms with Gasteiger partial charge in [-0.25, -0.2) is 4.68 Å². The molecule has 7 nitrogen and oxygen atoms in total. The predicted molar refractivity (Wildman–Crippen MR) is 108 cm³/mol. The van der Waals surface area contributed by atoms with Crippen molar-refractivity contribution in [1.82, 2.24) is 14.5 Å². The van der Waals surface area contributed by atoms with Gasteiger partial charge in [-0.1, -0.05) is 25.1 Å². The number of Topliss-reactive ketones (excluding diaryl/α,β-unsaturated/α-hetero) is 1. The summed E-state index contributed by atoms with van der Waals surface area (Å²) in [5.41, 5.74) is 11.6. The number of nitrogens with zero attached hydrogens (tertiary/aromatic N) is 3. The Bertz CT molecular complexity index is 1010. The van der Waals surface area contributed by atoms with Crippen molar-refractivity contribution in [1.29, 1.82) is 0 Å². The maximum Gasteiger partial charge on any atom is 0.240 e. The van der Waals surface area contributed by atoms with Gasteiger partial charge in [-0.05, 0) is 54.5 Å².